The van der Waals surface area contributed by atoms with Crippen LogP contribution < -0.4 is 10.1 Å². The Balaban J connectivity index is 1.62. The Labute approximate surface area is 142 Å². The van der Waals surface area contributed by atoms with Crippen LogP contribution in [0.15, 0.2) is 48.5 Å². The van der Waals surface area contributed by atoms with E-state index in [0.29, 0.717) is 17.9 Å². The van der Waals surface area contributed by atoms with E-state index < -0.39 is 0 Å². The number of rotatable bonds is 6. The Morgan fingerprint density at radius 1 is 1.25 bits per heavy atom. The third-order valence-corrected chi connectivity index (χ3v) is 4.15. The van der Waals surface area contributed by atoms with Gasteiger partial charge < -0.3 is 14.8 Å². The van der Waals surface area contributed by atoms with Gasteiger partial charge in [0.15, 0.2) is 0 Å². The number of anilines is 1. The Morgan fingerprint density at radius 3 is 2.92 bits per heavy atom. The largest absolute Gasteiger partial charge is 0.491 e. The number of aryl methyl sites for hydroxylation is 1. The molecule has 0 aliphatic carbocycles. The summed E-state index contributed by atoms with van der Waals surface area (Å²) in [4.78, 5) is 12.4. The van der Waals surface area contributed by atoms with E-state index in [2.05, 4.69) is 18.3 Å². The molecule has 2 aromatic rings. The average Bonchev–Trinajstić information content (AvgIpc) is 3.14. The summed E-state index contributed by atoms with van der Waals surface area (Å²) in [6, 6.07) is 15.2. The first-order valence-corrected chi connectivity index (χ1v) is 8.49. The second-order valence-corrected chi connectivity index (χ2v) is 5.98. The van der Waals surface area contributed by atoms with E-state index in [9.17, 15) is 4.79 Å². The molecule has 3 rings (SSSR count). The van der Waals surface area contributed by atoms with Gasteiger partial charge in [-0.05, 0) is 55.2 Å². The van der Waals surface area contributed by atoms with Crippen molar-refractivity contribution in [2.24, 2.45) is 0 Å². The molecule has 1 saturated heterocycles. The SMILES string of the molecule is CCc1cccc(NC(=O)c2cccc(OCC3CCCO3)c2)c1. The standard InChI is InChI=1S/C20H23NO3/c1-2-15-6-3-8-17(12-15)21-20(22)16-7-4-9-18(13-16)24-14-19-10-5-11-23-19/h3-4,6-9,12-13,19H,2,5,10-11,14H2,1H3,(H,21,22). The summed E-state index contributed by atoms with van der Waals surface area (Å²) in [6.45, 7) is 3.44. The first-order valence-electron chi connectivity index (χ1n) is 8.49. The zero-order valence-electron chi connectivity index (χ0n) is 14.0. The predicted molar refractivity (Wildman–Crippen MR) is 94.7 cm³/mol. The van der Waals surface area contributed by atoms with Gasteiger partial charge in [0.2, 0.25) is 0 Å². The smallest absolute Gasteiger partial charge is 0.255 e. The highest BCUT2D eigenvalue weighted by Gasteiger charge is 2.16. The van der Waals surface area contributed by atoms with Crippen molar-refractivity contribution in [2.75, 3.05) is 18.5 Å². The van der Waals surface area contributed by atoms with Crippen LogP contribution in [0, 0.1) is 0 Å². The highest BCUT2D eigenvalue weighted by atomic mass is 16.5. The Kier molecular flexibility index (Phi) is 5.49. The summed E-state index contributed by atoms with van der Waals surface area (Å²) in [6.07, 6.45) is 3.23. The molecule has 4 nitrogen and oxygen atoms in total. The van der Waals surface area contributed by atoms with E-state index in [-0.39, 0.29) is 12.0 Å². The number of hydrogen-bond acceptors (Lipinski definition) is 3. The van der Waals surface area contributed by atoms with Crippen molar-refractivity contribution in [3.63, 3.8) is 0 Å². The van der Waals surface area contributed by atoms with E-state index in [0.717, 1.165) is 31.6 Å². The van der Waals surface area contributed by atoms with Crippen LogP contribution in [0.1, 0.15) is 35.7 Å². The molecule has 0 aromatic heterocycles. The lowest BCUT2D eigenvalue weighted by atomic mass is 10.1. The zero-order chi connectivity index (χ0) is 16.8. The van der Waals surface area contributed by atoms with Gasteiger partial charge in [-0.1, -0.05) is 25.1 Å². The molecule has 2 aromatic carbocycles. The van der Waals surface area contributed by atoms with Gasteiger partial charge in [-0.25, -0.2) is 0 Å². The molecule has 4 heteroatoms. The number of nitrogens with one attached hydrogen (secondary N) is 1. The zero-order valence-corrected chi connectivity index (χ0v) is 14.0. The molecule has 0 spiro atoms. The van der Waals surface area contributed by atoms with Gasteiger partial charge in [-0.15, -0.1) is 0 Å². The summed E-state index contributed by atoms with van der Waals surface area (Å²) in [5, 5.41) is 2.94. The van der Waals surface area contributed by atoms with Crippen LogP contribution in [-0.2, 0) is 11.2 Å². The fourth-order valence-corrected chi connectivity index (χ4v) is 2.76. The molecule has 1 amide bonds. The number of carbonyl (C=O) groups excluding carboxylic acids is 1. The van der Waals surface area contributed by atoms with Gasteiger partial charge in [0.05, 0.1) is 6.10 Å². The van der Waals surface area contributed by atoms with Gasteiger partial charge >= 0.3 is 0 Å². The molecular formula is C20H23NO3. The molecule has 1 N–H and O–H groups in total. The Morgan fingerprint density at radius 2 is 2.12 bits per heavy atom. The van der Waals surface area contributed by atoms with Crippen LogP contribution in [-0.4, -0.2) is 25.2 Å². The van der Waals surface area contributed by atoms with E-state index in [1.54, 1.807) is 12.1 Å². The molecule has 1 fully saturated rings. The van der Waals surface area contributed by atoms with Crippen LogP contribution in [0.4, 0.5) is 5.69 Å². The van der Waals surface area contributed by atoms with Gasteiger partial charge in [0.25, 0.3) is 5.91 Å². The first kappa shape index (κ1) is 16.5. The van der Waals surface area contributed by atoms with Crippen molar-refractivity contribution >= 4 is 11.6 Å². The van der Waals surface area contributed by atoms with Crippen LogP contribution in [0.3, 0.4) is 0 Å². The van der Waals surface area contributed by atoms with Crippen LogP contribution in [0.25, 0.3) is 0 Å². The van der Waals surface area contributed by atoms with Gasteiger partial charge in [-0.2, -0.15) is 0 Å². The molecule has 1 aliphatic rings. The lowest BCUT2D eigenvalue weighted by Gasteiger charge is -2.12. The van der Waals surface area contributed by atoms with E-state index >= 15 is 0 Å². The quantitative estimate of drug-likeness (QED) is 0.871. The van der Waals surface area contributed by atoms with Crippen molar-refractivity contribution in [2.45, 2.75) is 32.3 Å². The summed E-state index contributed by atoms with van der Waals surface area (Å²) in [7, 11) is 0. The molecule has 126 valence electrons. The number of amides is 1. The average molecular weight is 325 g/mol. The molecule has 1 unspecified atom stereocenters. The van der Waals surface area contributed by atoms with Crippen molar-refractivity contribution < 1.29 is 14.3 Å². The maximum Gasteiger partial charge on any atom is 0.255 e. The van der Waals surface area contributed by atoms with Crippen LogP contribution in [0.2, 0.25) is 0 Å². The maximum absolute atomic E-state index is 12.4. The first-order chi connectivity index (χ1) is 11.7. The van der Waals surface area contributed by atoms with Crippen molar-refractivity contribution in [3.05, 3.63) is 59.7 Å². The molecular weight excluding hydrogens is 302 g/mol. The highest BCUT2D eigenvalue weighted by Crippen LogP contribution is 2.18. The van der Waals surface area contributed by atoms with Gasteiger partial charge in [-0.3, -0.25) is 4.79 Å². The highest BCUT2D eigenvalue weighted by molar-refractivity contribution is 6.04. The fourth-order valence-electron chi connectivity index (χ4n) is 2.76. The summed E-state index contributed by atoms with van der Waals surface area (Å²) < 4.78 is 11.3. The lowest BCUT2D eigenvalue weighted by Crippen LogP contribution is -2.17. The molecule has 24 heavy (non-hydrogen) atoms. The van der Waals surface area contributed by atoms with Crippen molar-refractivity contribution in [1.82, 2.24) is 0 Å². The third-order valence-electron chi connectivity index (χ3n) is 4.15. The molecule has 1 heterocycles. The lowest BCUT2D eigenvalue weighted by molar-refractivity contribution is 0.0679. The Hall–Kier alpha value is -2.33. The number of carbonyl (C=O) groups is 1. The monoisotopic (exact) mass is 325 g/mol. The number of benzene rings is 2. The van der Waals surface area contributed by atoms with Crippen LogP contribution >= 0.6 is 0 Å². The van der Waals surface area contributed by atoms with E-state index in [1.807, 2.05) is 30.3 Å². The summed E-state index contributed by atoms with van der Waals surface area (Å²) in [5.74, 6) is 0.561. The summed E-state index contributed by atoms with van der Waals surface area (Å²) in [5.41, 5.74) is 2.59. The number of ether oxygens (including phenoxy) is 2. The molecule has 0 radical (unpaired) electrons. The van der Waals surface area contributed by atoms with E-state index in [1.165, 1.54) is 5.56 Å². The molecule has 1 atom stereocenters. The fraction of sp³-hybridized carbons (Fsp3) is 0.350. The minimum atomic E-state index is -0.134. The molecule has 1 aliphatic heterocycles. The number of hydrogen-bond donors (Lipinski definition) is 1. The third kappa shape index (κ3) is 4.36. The second kappa shape index (κ2) is 7.97. The van der Waals surface area contributed by atoms with Crippen molar-refractivity contribution in [3.8, 4) is 5.75 Å². The van der Waals surface area contributed by atoms with Crippen molar-refractivity contribution in [1.29, 1.82) is 0 Å². The normalized spacial score (nSPS) is 16.8. The van der Waals surface area contributed by atoms with Crippen LogP contribution in [0.5, 0.6) is 5.75 Å². The van der Waals surface area contributed by atoms with Gasteiger partial charge in [0, 0.05) is 17.9 Å². The van der Waals surface area contributed by atoms with E-state index in [4.69, 9.17) is 9.47 Å². The molecule has 0 saturated carbocycles. The second-order valence-electron chi connectivity index (χ2n) is 5.98. The Bertz CT molecular complexity index is 693. The minimum absolute atomic E-state index is 0.134. The predicted octanol–water partition coefficient (Wildman–Crippen LogP) is 4.06. The maximum atomic E-state index is 12.4. The minimum Gasteiger partial charge on any atom is -0.491 e. The van der Waals surface area contributed by atoms with Gasteiger partial charge in [0.1, 0.15) is 12.4 Å². The molecule has 0 bridgehead atoms. The summed E-state index contributed by atoms with van der Waals surface area (Å²) >= 11 is 0. The topological polar surface area (TPSA) is 47.6 Å².